The highest BCUT2D eigenvalue weighted by Gasteiger charge is 2.11. The van der Waals surface area contributed by atoms with Gasteiger partial charge in [-0.2, -0.15) is 0 Å². The molecule has 0 atom stereocenters. The van der Waals surface area contributed by atoms with Crippen molar-refractivity contribution in [3.63, 3.8) is 0 Å². The Morgan fingerprint density at radius 3 is 2.29 bits per heavy atom. The molecule has 2 N–H and O–H groups in total. The van der Waals surface area contributed by atoms with Crippen LogP contribution in [0.5, 0.6) is 0 Å². The predicted octanol–water partition coefficient (Wildman–Crippen LogP) is -0.0247. The first-order valence-corrected chi connectivity index (χ1v) is 4.11. The van der Waals surface area contributed by atoms with E-state index in [1.807, 2.05) is 0 Å². The summed E-state index contributed by atoms with van der Waals surface area (Å²) in [5.74, 6) is -1.54. The lowest BCUT2D eigenvalue weighted by molar-refractivity contribution is -0.142. The summed E-state index contributed by atoms with van der Waals surface area (Å²) in [6, 6.07) is 0. The van der Waals surface area contributed by atoms with E-state index in [-0.39, 0.29) is 18.9 Å². The molecule has 0 amide bonds. The maximum absolute atomic E-state index is 11.0. The Balaban J connectivity index is 4.38. The third-order valence-electron chi connectivity index (χ3n) is 1.16. The molecule has 0 rings (SSSR count). The molecule has 0 saturated carbocycles. The molecule has 0 aliphatic heterocycles. The highest BCUT2D eigenvalue weighted by atomic mass is 16.5. The zero-order valence-corrected chi connectivity index (χ0v) is 8.07. The normalized spacial score (nSPS) is 10.6. The maximum Gasteiger partial charge on any atom is 0.356 e. The average molecular weight is 203 g/mol. The topological polar surface area (TPSA) is 84.9 Å². The van der Waals surface area contributed by atoms with Gasteiger partial charge in [-0.25, -0.2) is 9.59 Å². The second-order valence-electron chi connectivity index (χ2n) is 2.14. The van der Waals surface area contributed by atoms with Gasteiger partial charge in [-0.3, -0.25) is 10.7 Å². The standard InChI is InChI=1S/C8H13NO5/c1-3-13-7(10)5-6(9-12)8(11)14-4-2/h5,9,12H,3-4H2,1-2H3/b6-5-. The van der Waals surface area contributed by atoms with E-state index in [0.717, 1.165) is 6.08 Å². The molecule has 0 bridgehead atoms. The quantitative estimate of drug-likeness (QED) is 0.371. The van der Waals surface area contributed by atoms with Crippen molar-refractivity contribution in [2.45, 2.75) is 13.8 Å². The molecule has 0 aliphatic carbocycles. The first-order valence-electron chi connectivity index (χ1n) is 4.11. The Bertz CT molecular complexity index is 236. The van der Waals surface area contributed by atoms with E-state index in [4.69, 9.17) is 5.21 Å². The summed E-state index contributed by atoms with van der Waals surface area (Å²) in [5, 5.41) is 8.51. The molecular weight excluding hydrogens is 190 g/mol. The summed E-state index contributed by atoms with van der Waals surface area (Å²) in [6.45, 7) is 3.58. The third kappa shape index (κ3) is 4.46. The molecule has 6 nitrogen and oxygen atoms in total. The third-order valence-corrected chi connectivity index (χ3v) is 1.16. The van der Waals surface area contributed by atoms with E-state index in [1.165, 1.54) is 0 Å². The van der Waals surface area contributed by atoms with Gasteiger partial charge >= 0.3 is 11.9 Å². The molecule has 0 saturated heterocycles. The van der Waals surface area contributed by atoms with Gasteiger partial charge in [0.15, 0.2) is 5.70 Å². The molecule has 0 aromatic heterocycles. The minimum Gasteiger partial charge on any atom is -0.463 e. The zero-order chi connectivity index (χ0) is 11.0. The lowest BCUT2D eigenvalue weighted by atomic mass is 10.4. The minimum absolute atomic E-state index is 0.153. The largest absolute Gasteiger partial charge is 0.463 e. The maximum atomic E-state index is 11.0. The molecule has 0 radical (unpaired) electrons. The van der Waals surface area contributed by atoms with Crippen LogP contribution in [0.1, 0.15) is 13.8 Å². The van der Waals surface area contributed by atoms with Gasteiger partial charge in [0.1, 0.15) is 0 Å². The molecule has 0 heterocycles. The van der Waals surface area contributed by atoms with Crippen molar-refractivity contribution < 1.29 is 24.3 Å². The monoisotopic (exact) mass is 203 g/mol. The van der Waals surface area contributed by atoms with Gasteiger partial charge < -0.3 is 9.47 Å². The van der Waals surface area contributed by atoms with E-state index in [0.29, 0.717) is 0 Å². The van der Waals surface area contributed by atoms with Crippen molar-refractivity contribution in [2.75, 3.05) is 13.2 Å². The number of hydrogen-bond acceptors (Lipinski definition) is 6. The van der Waals surface area contributed by atoms with Crippen molar-refractivity contribution >= 4 is 11.9 Å². The van der Waals surface area contributed by atoms with Crippen molar-refractivity contribution in [3.8, 4) is 0 Å². The number of rotatable bonds is 5. The zero-order valence-electron chi connectivity index (χ0n) is 8.07. The molecular formula is C8H13NO5. The smallest absolute Gasteiger partial charge is 0.356 e. The highest BCUT2D eigenvalue weighted by Crippen LogP contribution is 1.94. The SMILES string of the molecule is CCOC(=O)/C=C(\NO)C(=O)OCC. The van der Waals surface area contributed by atoms with Crippen molar-refractivity contribution in [1.29, 1.82) is 0 Å². The summed E-state index contributed by atoms with van der Waals surface area (Å²) in [4.78, 5) is 21.9. The molecule has 14 heavy (non-hydrogen) atoms. The van der Waals surface area contributed by atoms with Crippen molar-refractivity contribution in [1.82, 2.24) is 5.48 Å². The van der Waals surface area contributed by atoms with Crippen LogP contribution in [-0.4, -0.2) is 30.4 Å². The Morgan fingerprint density at radius 1 is 1.29 bits per heavy atom. The summed E-state index contributed by atoms with van der Waals surface area (Å²) in [6.07, 6.45) is 0.821. The van der Waals surface area contributed by atoms with E-state index < -0.39 is 11.9 Å². The van der Waals surface area contributed by atoms with Gasteiger partial charge in [0.05, 0.1) is 19.3 Å². The predicted molar refractivity (Wildman–Crippen MR) is 46.3 cm³/mol. The number of hydrogen-bond donors (Lipinski definition) is 2. The summed E-state index contributed by atoms with van der Waals surface area (Å²) in [7, 11) is 0. The fraction of sp³-hybridized carbons (Fsp3) is 0.500. The fourth-order valence-corrected chi connectivity index (χ4v) is 0.647. The molecule has 0 aromatic rings. The second kappa shape index (κ2) is 6.90. The van der Waals surface area contributed by atoms with Crippen LogP contribution in [0.3, 0.4) is 0 Å². The van der Waals surface area contributed by atoms with Gasteiger partial charge in [0.2, 0.25) is 0 Å². The first-order chi connectivity index (χ1) is 6.65. The minimum atomic E-state index is -0.817. The molecule has 0 spiro atoms. The van der Waals surface area contributed by atoms with Crippen LogP contribution >= 0.6 is 0 Å². The molecule has 0 aliphatic rings. The van der Waals surface area contributed by atoms with Crippen molar-refractivity contribution in [2.24, 2.45) is 0 Å². The van der Waals surface area contributed by atoms with E-state index in [2.05, 4.69) is 9.47 Å². The molecule has 80 valence electrons. The van der Waals surface area contributed by atoms with Gasteiger partial charge in [0, 0.05) is 0 Å². The number of esters is 2. The van der Waals surface area contributed by atoms with E-state index in [9.17, 15) is 9.59 Å². The van der Waals surface area contributed by atoms with Crippen molar-refractivity contribution in [3.05, 3.63) is 11.8 Å². The first kappa shape index (κ1) is 12.4. The second-order valence-corrected chi connectivity index (χ2v) is 2.14. The van der Waals surface area contributed by atoms with Crippen LogP contribution in [0, 0.1) is 0 Å². The summed E-state index contributed by atoms with van der Waals surface area (Å²) in [5.41, 5.74) is 1.21. The van der Waals surface area contributed by atoms with Gasteiger partial charge in [-0.05, 0) is 13.8 Å². The Hall–Kier alpha value is -1.56. The van der Waals surface area contributed by atoms with Crippen LogP contribution in [0.25, 0.3) is 0 Å². The number of hydroxylamine groups is 1. The van der Waals surface area contributed by atoms with Crippen LogP contribution in [-0.2, 0) is 19.1 Å². The Kier molecular flexibility index (Phi) is 6.13. The molecule has 0 unspecified atom stereocenters. The van der Waals surface area contributed by atoms with E-state index >= 15 is 0 Å². The highest BCUT2D eigenvalue weighted by molar-refractivity contribution is 5.95. The lowest BCUT2D eigenvalue weighted by Crippen LogP contribution is -2.21. The Morgan fingerprint density at radius 2 is 1.86 bits per heavy atom. The van der Waals surface area contributed by atoms with Crippen LogP contribution < -0.4 is 5.48 Å². The van der Waals surface area contributed by atoms with Crippen LogP contribution in [0.2, 0.25) is 0 Å². The number of carbonyl (C=O) groups excluding carboxylic acids is 2. The number of ether oxygens (including phenoxy) is 2. The summed E-state index contributed by atoms with van der Waals surface area (Å²) >= 11 is 0. The molecule has 0 aromatic carbocycles. The fourth-order valence-electron chi connectivity index (χ4n) is 0.647. The van der Waals surface area contributed by atoms with Crippen LogP contribution in [0.15, 0.2) is 11.8 Å². The van der Waals surface area contributed by atoms with Crippen LogP contribution in [0.4, 0.5) is 0 Å². The average Bonchev–Trinajstić information content (AvgIpc) is 2.15. The van der Waals surface area contributed by atoms with Gasteiger partial charge in [-0.1, -0.05) is 0 Å². The molecule has 0 fully saturated rings. The molecule has 6 heteroatoms. The summed E-state index contributed by atoms with van der Waals surface area (Å²) < 4.78 is 9.06. The van der Waals surface area contributed by atoms with E-state index in [1.54, 1.807) is 19.3 Å². The van der Waals surface area contributed by atoms with Gasteiger partial charge in [0.25, 0.3) is 0 Å². The lowest BCUT2D eigenvalue weighted by Gasteiger charge is -2.04. The van der Waals surface area contributed by atoms with Gasteiger partial charge in [-0.15, -0.1) is 0 Å². The Labute approximate surface area is 81.5 Å². The number of carbonyl (C=O) groups is 2. The number of nitrogens with one attached hydrogen (secondary N) is 1.